The molecule has 0 fully saturated rings. The average molecular weight is 370 g/mol. The number of halogens is 3. The number of para-hydroxylation sites is 1. The molecule has 0 aliphatic heterocycles. The molecule has 2 aromatic carbocycles. The van der Waals surface area contributed by atoms with Gasteiger partial charge in [0, 0.05) is 5.02 Å². The van der Waals surface area contributed by atoms with Crippen LogP contribution in [0.4, 0.5) is 8.78 Å². The third-order valence-corrected chi connectivity index (χ3v) is 3.89. The molecule has 0 saturated carbocycles. The summed E-state index contributed by atoms with van der Waals surface area (Å²) in [6.07, 6.45) is 0.613. The summed E-state index contributed by atoms with van der Waals surface area (Å²) in [5, 5.41) is 3.41. The maximum absolute atomic E-state index is 12.7. The molecule has 0 spiro atoms. The van der Waals surface area contributed by atoms with Crippen LogP contribution in [0.5, 0.6) is 11.5 Å². The molecule has 1 amide bonds. The van der Waals surface area contributed by atoms with Crippen molar-refractivity contribution in [2.75, 3.05) is 7.11 Å². The molecule has 2 aromatic rings. The van der Waals surface area contributed by atoms with Gasteiger partial charge in [0.05, 0.1) is 18.7 Å². The highest BCUT2D eigenvalue weighted by atomic mass is 35.5. The summed E-state index contributed by atoms with van der Waals surface area (Å²) in [5.74, 6) is -0.757. The molecular weight excluding hydrogens is 352 g/mol. The van der Waals surface area contributed by atoms with Gasteiger partial charge in [0.15, 0.2) is 11.5 Å². The molecule has 1 N–H and O–H groups in total. The predicted molar refractivity (Wildman–Crippen MR) is 91.6 cm³/mol. The Morgan fingerprint density at radius 2 is 1.88 bits per heavy atom. The lowest BCUT2D eigenvalue weighted by molar-refractivity contribution is -0.0515. The first-order chi connectivity index (χ1) is 12.0. The monoisotopic (exact) mass is 369 g/mol. The van der Waals surface area contributed by atoms with Crippen molar-refractivity contribution in [1.29, 1.82) is 0 Å². The summed E-state index contributed by atoms with van der Waals surface area (Å²) >= 11 is 5.87. The molecule has 25 heavy (non-hydrogen) atoms. The van der Waals surface area contributed by atoms with Gasteiger partial charge in [-0.05, 0) is 36.2 Å². The number of amides is 1. The van der Waals surface area contributed by atoms with E-state index in [1.165, 1.54) is 25.3 Å². The fraction of sp³-hybridized carbons (Fsp3) is 0.278. The topological polar surface area (TPSA) is 47.6 Å². The quantitative estimate of drug-likeness (QED) is 0.760. The van der Waals surface area contributed by atoms with E-state index < -0.39 is 12.5 Å². The Morgan fingerprint density at radius 1 is 1.20 bits per heavy atom. The Kier molecular flexibility index (Phi) is 6.58. The molecular formula is C18H18ClF2NO3. The van der Waals surface area contributed by atoms with Gasteiger partial charge in [-0.25, -0.2) is 0 Å². The lowest BCUT2D eigenvalue weighted by Gasteiger charge is -2.19. The van der Waals surface area contributed by atoms with Gasteiger partial charge < -0.3 is 14.8 Å². The van der Waals surface area contributed by atoms with Crippen molar-refractivity contribution in [2.45, 2.75) is 26.0 Å². The number of carbonyl (C=O) groups excluding carboxylic acids is 1. The van der Waals surface area contributed by atoms with E-state index in [-0.39, 0.29) is 23.1 Å². The number of methoxy groups -OCH3 is 1. The third kappa shape index (κ3) is 4.82. The molecule has 134 valence electrons. The van der Waals surface area contributed by atoms with Crippen LogP contribution in [0.2, 0.25) is 5.02 Å². The van der Waals surface area contributed by atoms with Crippen molar-refractivity contribution in [3.05, 3.63) is 58.6 Å². The summed E-state index contributed by atoms with van der Waals surface area (Å²) < 4.78 is 34.9. The van der Waals surface area contributed by atoms with Crippen molar-refractivity contribution < 1.29 is 23.0 Å². The van der Waals surface area contributed by atoms with Crippen LogP contribution >= 0.6 is 11.6 Å². The summed E-state index contributed by atoms with van der Waals surface area (Å²) in [7, 11) is 1.32. The van der Waals surface area contributed by atoms with Gasteiger partial charge in [-0.2, -0.15) is 8.78 Å². The molecule has 4 nitrogen and oxygen atoms in total. The van der Waals surface area contributed by atoms with E-state index in [4.69, 9.17) is 16.3 Å². The van der Waals surface area contributed by atoms with E-state index >= 15 is 0 Å². The number of hydrogen-bond acceptors (Lipinski definition) is 3. The van der Waals surface area contributed by atoms with E-state index in [0.29, 0.717) is 11.4 Å². The normalized spacial score (nSPS) is 11.9. The van der Waals surface area contributed by atoms with Gasteiger partial charge in [-0.3, -0.25) is 4.79 Å². The first kappa shape index (κ1) is 19.0. The van der Waals surface area contributed by atoms with Crippen molar-refractivity contribution in [1.82, 2.24) is 5.32 Å². The Balaban J connectivity index is 2.28. The molecule has 0 aliphatic carbocycles. The van der Waals surface area contributed by atoms with E-state index in [9.17, 15) is 13.6 Å². The Labute approximate surface area is 149 Å². The SMILES string of the molecule is CC[C@@H](NC(=O)c1cccc(OC)c1OC(F)F)c1ccc(Cl)cc1. The number of hydrogen-bond donors (Lipinski definition) is 1. The van der Waals surface area contributed by atoms with E-state index in [1.807, 2.05) is 6.92 Å². The number of ether oxygens (including phenoxy) is 2. The van der Waals surface area contributed by atoms with Crippen LogP contribution < -0.4 is 14.8 Å². The summed E-state index contributed by atoms with van der Waals surface area (Å²) in [5.41, 5.74) is 0.839. The van der Waals surface area contributed by atoms with Crippen LogP contribution in [0.3, 0.4) is 0 Å². The lowest BCUT2D eigenvalue weighted by Crippen LogP contribution is -2.28. The molecule has 7 heteroatoms. The predicted octanol–water partition coefficient (Wildman–Crippen LogP) is 4.83. The van der Waals surface area contributed by atoms with E-state index in [1.54, 1.807) is 24.3 Å². The maximum atomic E-state index is 12.7. The number of benzene rings is 2. The zero-order valence-electron chi connectivity index (χ0n) is 13.8. The van der Waals surface area contributed by atoms with Crippen molar-refractivity contribution >= 4 is 17.5 Å². The smallest absolute Gasteiger partial charge is 0.387 e. The van der Waals surface area contributed by atoms with Gasteiger partial charge in [0.25, 0.3) is 5.91 Å². The van der Waals surface area contributed by atoms with Gasteiger partial charge in [-0.15, -0.1) is 0 Å². The summed E-state index contributed by atoms with van der Waals surface area (Å²) in [6.45, 7) is -1.16. The molecule has 0 radical (unpaired) electrons. The molecule has 1 atom stereocenters. The van der Waals surface area contributed by atoms with Crippen LogP contribution in [-0.4, -0.2) is 19.6 Å². The van der Waals surface area contributed by atoms with Gasteiger partial charge in [0.2, 0.25) is 0 Å². The molecule has 0 heterocycles. The van der Waals surface area contributed by atoms with Crippen LogP contribution in [0.25, 0.3) is 0 Å². The fourth-order valence-electron chi connectivity index (χ4n) is 2.42. The molecule has 0 aliphatic rings. The fourth-order valence-corrected chi connectivity index (χ4v) is 2.54. The van der Waals surface area contributed by atoms with Gasteiger partial charge in [0.1, 0.15) is 0 Å². The number of nitrogens with one attached hydrogen (secondary N) is 1. The Hall–Kier alpha value is -2.34. The van der Waals surface area contributed by atoms with Crippen molar-refractivity contribution in [2.24, 2.45) is 0 Å². The van der Waals surface area contributed by atoms with Gasteiger partial charge in [-0.1, -0.05) is 36.7 Å². The summed E-state index contributed by atoms with van der Waals surface area (Å²) in [4.78, 5) is 12.6. The van der Waals surface area contributed by atoms with E-state index in [0.717, 1.165) is 5.56 Å². The van der Waals surface area contributed by atoms with Crippen LogP contribution in [0.1, 0.15) is 35.3 Å². The standard InChI is InChI=1S/C18H18ClF2NO3/c1-3-14(11-7-9-12(19)10-8-11)22-17(23)13-5-4-6-15(24-2)16(13)25-18(20)21/h4-10,14,18H,3H2,1-2H3,(H,22,23)/t14-/m1/s1. The second-order valence-electron chi connectivity index (χ2n) is 5.20. The van der Waals surface area contributed by atoms with Crippen LogP contribution in [0.15, 0.2) is 42.5 Å². The molecule has 0 bridgehead atoms. The molecule has 2 rings (SSSR count). The second kappa shape index (κ2) is 8.67. The second-order valence-corrected chi connectivity index (χ2v) is 5.64. The summed E-state index contributed by atoms with van der Waals surface area (Å²) in [6, 6.07) is 11.2. The molecule has 0 aromatic heterocycles. The number of alkyl halides is 2. The zero-order chi connectivity index (χ0) is 18.4. The Morgan fingerprint density at radius 3 is 2.44 bits per heavy atom. The first-order valence-corrected chi connectivity index (χ1v) is 8.02. The van der Waals surface area contributed by atoms with Crippen LogP contribution in [-0.2, 0) is 0 Å². The average Bonchev–Trinajstić information content (AvgIpc) is 2.60. The van der Waals surface area contributed by atoms with Gasteiger partial charge >= 0.3 is 6.61 Å². The van der Waals surface area contributed by atoms with Crippen molar-refractivity contribution in [3.63, 3.8) is 0 Å². The maximum Gasteiger partial charge on any atom is 0.387 e. The Bertz CT molecular complexity index is 723. The molecule has 0 saturated heterocycles. The lowest BCUT2D eigenvalue weighted by atomic mass is 10.0. The van der Waals surface area contributed by atoms with Crippen molar-refractivity contribution in [3.8, 4) is 11.5 Å². The highest BCUT2D eigenvalue weighted by Gasteiger charge is 2.22. The molecule has 0 unspecified atom stereocenters. The largest absolute Gasteiger partial charge is 0.493 e. The number of rotatable bonds is 7. The minimum atomic E-state index is -3.07. The highest BCUT2D eigenvalue weighted by molar-refractivity contribution is 6.30. The first-order valence-electron chi connectivity index (χ1n) is 7.64. The zero-order valence-corrected chi connectivity index (χ0v) is 14.5. The third-order valence-electron chi connectivity index (χ3n) is 3.64. The highest BCUT2D eigenvalue weighted by Crippen LogP contribution is 2.33. The minimum absolute atomic E-state index is 0.0212. The minimum Gasteiger partial charge on any atom is -0.493 e. The van der Waals surface area contributed by atoms with Crippen LogP contribution in [0, 0.1) is 0 Å². The van der Waals surface area contributed by atoms with E-state index in [2.05, 4.69) is 10.1 Å². The number of carbonyl (C=O) groups is 1.